The standard InChI is InChI=1S/C14H26O2/c15-14(16)13-11-9-7-5-3-1-2-4-6-8-10-12-13/h13H,1-12H2,(H,15,16)/p-1. The minimum atomic E-state index is -0.824. The predicted octanol–water partition coefficient (Wildman–Crippen LogP) is 3.05. The SMILES string of the molecule is O=C([O-])C1CCCCCCCCCCCC1. The monoisotopic (exact) mass is 225 g/mol. The van der Waals surface area contributed by atoms with Gasteiger partial charge < -0.3 is 9.90 Å². The number of hydrogen-bond donors (Lipinski definition) is 0. The van der Waals surface area contributed by atoms with Crippen molar-refractivity contribution in [2.75, 3.05) is 0 Å². The van der Waals surface area contributed by atoms with Gasteiger partial charge in [-0.2, -0.15) is 0 Å². The van der Waals surface area contributed by atoms with Crippen LogP contribution in [0, 0.1) is 5.92 Å². The Balaban J connectivity index is 2.29. The maximum absolute atomic E-state index is 10.9. The van der Waals surface area contributed by atoms with E-state index >= 15 is 0 Å². The van der Waals surface area contributed by atoms with Gasteiger partial charge in [0, 0.05) is 5.97 Å². The molecule has 1 rings (SSSR count). The molecule has 2 heteroatoms. The van der Waals surface area contributed by atoms with Gasteiger partial charge in [0.25, 0.3) is 0 Å². The van der Waals surface area contributed by atoms with E-state index in [2.05, 4.69) is 0 Å². The Morgan fingerprint density at radius 2 is 1.00 bits per heavy atom. The van der Waals surface area contributed by atoms with Crippen LogP contribution in [-0.4, -0.2) is 5.97 Å². The largest absolute Gasteiger partial charge is 0.550 e. The first-order valence-corrected chi connectivity index (χ1v) is 7.01. The third kappa shape index (κ3) is 6.14. The van der Waals surface area contributed by atoms with Crippen LogP contribution in [0.1, 0.15) is 77.0 Å². The molecule has 0 radical (unpaired) electrons. The molecule has 1 fully saturated rings. The number of carbonyl (C=O) groups excluding carboxylic acids is 1. The van der Waals surface area contributed by atoms with Gasteiger partial charge in [-0.1, -0.05) is 64.2 Å². The summed E-state index contributed by atoms with van der Waals surface area (Å²) in [5.74, 6) is -1.00. The maximum Gasteiger partial charge on any atom is 0.0445 e. The molecule has 2 nitrogen and oxygen atoms in total. The Morgan fingerprint density at radius 3 is 1.31 bits per heavy atom. The van der Waals surface area contributed by atoms with Gasteiger partial charge in [0.05, 0.1) is 0 Å². The van der Waals surface area contributed by atoms with Crippen molar-refractivity contribution in [3.05, 3.63) is 0 Å². The lowest BCUT2D eigenvalue weighted by atomic mass is 9.95. The quantitative estimate of drug-likeness (QED) is 0.688. The van der Waals surface area contributed by atoms with Crippen LogP contribution < -0.4 is 5.11 Å². The molecule has 0 heterocycles. The molecular formula is C14H25O2-. The summed E-state index contributed by atoms with van der Waals surface area (Å²) >= 11 is 0. The zero-order valence-electron chi connectivity index (χ0n) is 10.4. The first-order chi connectivity index (χ1) is 7.80. The van der Waals surface area contributed by atoms with Crippen molar-refractivity contribution in [3.63, 3.8) is 0 Å². The van der Waals surface area contributed by atoms with Gasteiger partial charge >= 0.3 is 0 Å². The third-order valence-electron chi connectivity index (χ3n) is 3.69. The Bertz CT molecular complexity index is 175. The van der Waals surface area contributed by atoms with Crippen molar-refractivity contribution in [2.45, 2.75) is 77.0 Å². The molecule has 0 spiro atoms. The molecule has 16 heavy (non-hydrogen) atoms. The summed E-state index contributed by atoms with van der Waals surface area (Å²) in [4.78, 5) is 10.9. The summed E-state index contributed by atoms with van der Waals surface area (Å²) in [5, 5.41) is 10.9. The van der Waals surface area contributed by atoms with Crippen molar-refractivity contribution >= 4 is 5.97 Å². The summed E-state index contributed by atoms with van der Waals surface area (Å²) in [6.45, 7) is 0. The smallest absolute Gasteiger partial charge is 0.0445 e. The molecule has 0 saturated heterocycles. The minimum absolute atomic E-state index is 0.180. The molecule has 0 aromatic heterocycles. The number of carboxylic acid groups (broad SMARTS) is 1. The van der Waals surface area contributed by atoms with E-state index in [4.69, 9.17) is 0 Å². The van der Waals surface area contributed by atoms with Gasteiger partial charge in [-0.3, -0.25) is 0 Å². The van der Waals surface area contributed by atoms with E-state index in [1.54, 1.807) is 0 Å². The zero-order valence-corrected chi connectivity index (χ0v) is 10.4. The number of hydrogen-bond acceptors (Lipinski definition) is 2. The van der Waals surface area contributed by atoms with Crippen LogP contribution in [0.2, 0.25) is 0 Å². The zero-order chi connectivity index (χ0) is 11.6. The maximum atomic E-state index is 10.9. The van der Waals surface area contributed by atoms with E-state index in [1.807, 2.05) is 0 Å². The van der Waals surface area contributed by atoms with E-state index in [0.29, 0.717) is 0 Å². The average molecular weight is 225 g/mol. The number of rotatable bonds is 1. The second-order valence-corrected chi connectivity index (χ2v) is 5.13. The second kappa shape index (κ2) is 8.60. The molecule has 0 N–H and O–H groups in total. The highest BCUT2D eigenvalue weighted by atomic mass is 16.4. The fourth-order valence-corrected chi connectivity index (χ4v) is 2.58. The van der Waals surface area contributed by atoms with Crippen LogP contribution in [0.4, 0.5) is 0 Å². The Labute approximate surface area is 99.4 Å². The van der Waals surface area contributed by atoms with E-state index in [0.717, 1.165) is 25.7 Å². The van der Waals surface area contributed by atoms with Gasteiger partial charge in [-0.15, -0.1) is 0 Å². The summed E-state index contributed by atoms with van der Waals surface area (Å²) in [6, 6.07) is 0. The summed E-state index contributed by atoms with van der Waals surface area (Å²) in [7, 11) is 0. The first-order valence-electron chi connectivity index (χ1n) is 7.01. The topological polar surface area (TPSA) is 40.1 Å². The first kappa shape index (κ1) is 13.5. The van der Waals surface area contributed by atoms with Crippen LogP contribution in [0.25, 0.3) is 0 Å². The van der Waals surface area contributed by atoms with Crippen LogP contribution in [-0.2, 0) is 4.79 Å². The molecule has 0 aliphatic heterocycles. The molecule has 0 atom stereocenters. The van der Waals surface area contributed by atoms with Gasteiger partial charge in [-0.05, 0) is 18.8 Å². The highest BCUT2D eigenvalue weighted by molar-refractivity contribution is 5.67. The van der Waals surface area contributed by atoms with Gasteiger partial charge in [-0.25, -0.2) is 0 Å². The van der Waals surface area contributed by atoms with Crippen molar-refractivity contribution in [1.29, 1.82) is 0 Å². The Kier molecular flexibility index (Phi) is 7.28. The molecule has 1 saturated carbocycles. The minimum Gasteiger partial charge on any atom is -0.550 e. The normalized spacial score (nSPS) is 22.8. The third-order valence-corrected chi connectivity index (χ3v) is 3.69. The summed E-state index contributed by atoms with van der Waals surface area (Å²) in [5.41, 5.74) is 0. The lowest BCUT2D eigenvalue weighted by Gasteiger charge is -2.17. The predicted molar refractivity (Wildman–Crippen MR) is 63.9 cm³/mol. The lowest BCUT2D eigenvalue weighted by molar-refractivity contribution is -0.312. The van der Waals surface area contributed by atoms with Crippen LogP contribution in [0.15, 0.2) is 0 Å². The molecule has 94 valence electrons. The number of carbonyl (C=O) groups is 1. The van der Waals surface area contributed by atoms with E-state index in [-0.39, 0.29) is 5.92 Å². The van der Waals surface area contributed by atoms with Crippen LogP contribution in [0.5, 0.6) is 0 Å². The highest BCUT2D eigenvalue weighted by Crippen LogP contribution is 2.20. The Hall–Kier alpha value is -0.530. The molecule has 0 amide bonds. The second-order valence-electron chi connectivity index (χ2n) is 5.13. The lowest BCUT2D eigenvalue weighted by Crippen LogP contribution is -2.31. The number of carboxylic acids is 1. The van der Waals surface area contributed by atoms with Gasteiger partial charge in [0.15, 0.2) is 0 Å². The van der Waals surface area contributed by atoms with Crippen molar-refractivity contribution < 1.29 is 9.90 Å². The van der Waals surface area contributed by atoms with E-state index in [9.17, 15) is 9.90 Å². The van der Waals surface area contributed by atoms with Crippen molar-refractivity contribution in [1.82, 2.24) is 0 Å². The van der Waals surface area contributed by atoms with Crippen LogP contribution in [0.3, 0.4) is 0 Å². The molecule has 0 aromatic rings. The average Bonchev–Trinajstić information content (AvgIpc) is 2.28. The Morgan fingerprint density at radius 1 is 0.688 bits per heavy atom. The van der Waals surface area contributed by atoms with E-state index in [1.165, 1.54) is 51.4 Å². The highest BCUT2D eigenvalue weighted by Gasteiger charge is 2.09. The number of aliphatic carboxylic acids is 1. The van der Waals surface area contributed by atoms with E-state index < -0.39 is 5.97 Å². The van der Waals surface area contributed by atoms with Crippen molar-refractivity contribution in [3.8, 4) is 0 Å². The fourth-order valence-electron chi connectivity index (χ4n) is 2.58. The molecule has 1 aliphatic rings. The van der Waals surface area contributed by atoms with Crippen LogP contribution >= 0.6 is 0 Å². The molecule has 1 aliphatic carbocycles. The summed E-state index contributed by atoms with van der Waals surface area (Å²) in [6.07, 6.45) is 14.1. The fraction of sp³-hybridized carbons (Fsp3) is 0.929. The summed E-state index contributed by atoms with van der Waals surface area (Å²) < 4.78 is 0. The van der Waals surface area contributed by atoms with Gasteiger partial charge in [0.1, 0.15) is 0 Å². The molecule has 0 unspecified atom stereocenters. The van der Waals surface area contributed by atoms with Gasteiger partial charge in [0.2, 0.25) is 0 Å². The molecule has 0 bridgehead atoms. The van der Waals surface area contributed by atoms with Crippen molar-refractivity contribution in [2.24, 2.45) is 5.92 Å². The molecule has 0 aromatic carbocycles. The molecular weight excluding hydrogens is 200 g/mol.